The van der Waals surface area contributed by atoms with Crippen LogP contribution in [-0.4, -0.2) is 46.2 Å². The molecule has 0 bridgehead atoms. The number of aryl methyl sites for hydroxylation is 1. The molecule has 8 heteroatoms. The Hall–Kier alpha value is -4.04. The van der Waals surface area contributed by atoms with Gasteiger partial charge in [0, 0.05) is 24.0 Å². The third-order valence-corrected chi connectivity index (χ3v) is 10.4. The number of nitrogens with zero attached hydrogens (tertiary/aromatic N) is 2. The van der Waals surface area contributed by atoms with Gasteiger partial charge < -0.3 is 20.9 Å². The van der Waals surface area contributed by atoms with Crippen molar-refractivity contribution >= 4 is 29.2 Å². The average molecular weight is 548 g/mol. The molecule has 0 radical (unpaired) electrons. The SMILES string of the molecule is O=C(CN1C(=O)C2(CCCC2)NC[C@@]12CCc1ccccc12)Nc1ccc2c(c1)C[C@@]1(C2)C(=O)Nc2ncccc21. The van der Waals surface area contributed by atoms with Gasteiger partial charge in [0.15, 0.2) is 0 Å². The summed E-state index contributed by atoms with van der Waals surface area (Å²) in [7, 11) is 0. The molecule has 3 spiro atoms. The van der Waals surface area contributed by atoms with Gasteiger partial charge in [-0.15, -0.1) is 0 Å². The number of benzene rings is 2. The molecule has 2 fully saturated rings. The highest BCUT2D eigenvalue weighted by molar-refractivity contribution is 6.06. The zero-order valence-electron chi connectivity index (χ0n) is 23.0. The number of aromatic nitrogens is 1. The molecule has 2 aromatic carbocycles. The van der Waals surface area contributed by atoms with E-state index in [1.54, 1.807) is 6.20 Å². The molecule has 3 aromatic rings. The Morgan fingerprint density at radius 3 is 2.61 bits per heavy atom. The van der Waals surface area contributed by atoms with E-state index in [1.807, 2.05) is 47.4 Å². The van der Waals surface area contributed by atoms with Crippen LogP contribution in [0.25, 0.3) is 0 Å². The first kappa shape index (κ1) is 24.7. The Bertz CT molecular complexity index is 1630. The summed E-state index contributed by atoms with van der Waals surface area (Å²) in [6.45, 7) is 0.682. The van der Waals surface area contributed by atoms with E-state index < -0.39 is 16.5 Å². The minimum absolute atomic E-state index is 0.0130. The number of amides is 3. The molecule has 3 N–H and O–H groups in total. The first-order valence-corrected chi connectivity index (χ1v) is 14.8. The van der Waals surface area contributed by atoms with Crippen LogP contribution < -0.4 is 16.0 Å². The summed E-state index contributed by atoms with van der Waals surface area (Å²) in [5.41, 5.74) is 4.49. The van der Waals surface area contributed by atoms with Gasteiger partial charge in [-0.2, -0.15) is 0 Å². The van der Waals surface area contributed by atoms with Crippen molar-refractivity contribution < 1.29 is 14.4 Å². The molecular weight excluding hydrogens is 514 g/mol. The van der Waals surface area contributed by atoms with Crippen LogP contribution in [0.2, 0.25) is 0 Å². The van der Waals surface area contributed by atoms with Crippen molar-refractivity contribution in [3.8, 4) is 0 Å². The van der Waals surface area contributed by atoms with Gasteiger partial charge in [0.25, 0.3) is 0 Å². The lowest BCUT2D eigenvalue weighted by molar-refractivity contribution is -0.154. The molecule has 1 saturated carbocycles. The summed E-state index contributed by atoms with van der Waals surface area (Å²) in [6.07, 6.45) is 8.27. The second kappa shape index (κ2) is 8.73. The van der Waals surface area contributed by atoms with E-state index in [1.165, 1.54) is 5.56 Å². The van der Waals surface area contributed by atoms with Gasteiger partial charge in [-0.3, -0.25) is 14.4 Å². The molecule has 2 aliphatic heterocycles. The fourth-order valence-corrected chi connectivity index (χ4v) is 8.35. The van der Waals surface area contributed by atoms with Crippen LogP contribution in [-0.2, 0) is 44.6 Å². The summed E-state index contributed by atoms with van der Waals surface area (Å²) in [5.74, 6) is 0.483. The monoisotopic (exact) mass is 547 g/mol. The molecule has 3 amide bonds. The maximum atomic E-state index is 14.2. The Kier molecular flexibility index (Phi) is 5.27. The molecule has 1 saturated heterocycles. The maximum Gasteiger partial charge on any atom is 0.244 e. The summed E-state index contributed by atoms with van der Waals surface area (Å²) >= 11 is 0. The van der Waals surface area contributed by atoms with Gasteiger partial charge in [-0.25, -0.2) is 4.98 Å². The zero-order valence-corrected chi connectivity index (χ0v) is 23.0. The number of hydrogen-bond acceptors (Lipinski definition) is 5. The zero-order chi connectivity index (χ0) is 27.8. The van der Waals surface area contributed by atoms with Gasteiger partial charge in [-0.05, 0) is 79.0 Å². The Morgan fingerprint density at radius 2 is 1.73 bits per heavy atom. The predicted molar refractivity (Wildman–Crippen MR) is 154 cm³/mol. The Labute approximate surface area is 238 Å². The lowest BCUT2D eigenvalue weighted by atomic mass is 9.79. The standard InChI is InChI=1S/C33H33N5O3/c39-27(36-24-10-9-22-17-31(18-23(22)16-24)26-8-5-15-34-28(26)37-29(31)40)19-38-30(41)32(12-3-4-13-32)35-20-33(38)14-11-21-6-1-2-7-25(21)33/h1-2,5-10,15-16,35H,3-4,11-14,17-20H2,(H,36,39)(H,34,37,40)/t31-,33-/m1/s1. The minimum atomic E-state index is -0.653. The minimum Gasteiger partial charge on any atom is -0.325 e. The third kappa shape index (κ3) is 3.49. The number of pyridine rings is 1. The van der Waals surface area contributed by atoms with Crippen LogP contribution in [0, 0.1) is 0 Å². The smallest absolute Gasteiger partial charge is 0.244 e. The van der Waals surface area contributed by atoms with Gasteiger partial charge in [0.05, 0.1) is 16.5 Å². The summed E-state index contributed by atoms with van der Waals surface area (Å²) in [6, 6.07) is 18.1. The largest absolute Gasteiger partial charge is 0.325 e. The molecule has 208 valence electrons. The molecule has 2 atom stereocenters. The molecule has 41 heavy (non-hydrogen) atoms. The van der Waals surface area contributed by atoms with E-state index in [9.17, 15) is 14.4 Å². The second-order valence-electron chi connectivity index (χ2n) is 12.5. The van der Waals surface area contributed by atoms with Crippen molar-refractivity contribution in [2.24, 2.45) is 0 Å². The first-order valence-electron chi connectivity index (χ1n) is 14.8. The highest BCUT2D eigenvalue weighted by Gasteiger charge is 2.57. The molecule has 5 aliphatic rings. The number of carbonyl (C=O) groups is 3. The number of nitrogens with one attached hydrogen (secondary N) is 3. The van der Waals surface area contributed by atoms with Gasteiger partial charge >= 0.3 is 0 Å². The van der Waals surface area contributed by atoms with Crippen molar-refractivity contribution in [2.45, 2.75) is 67.9 Å². The fourth-order valence-electron chi connectivity index (χ4n) is 8.35. The van der Waals surface area contributed by atoms with E-state index in [0.29, 0.717) is 30.9 Å². The average Bonchev–Trinajstić information content (AvgIpc) is 3.75. The van der Waals surface area contributed by atoms with E-state index in [4.69, 9.17) is 0 Å². The lowest BCUT2D eigenvalue weighted by Gasteiger charge is -2.52. The topological polar surface area (TPSA) is 103 Å². The molecule has 3 heterocycles. The second-order valence-corrected chi connectivity index (χ2v) is 12.5. The quantitative estimate of drug-likeness (QED) is 0.465. The molecule has 1 aromatic heterocycles. The molecule has 0 unspecified atom stereocenters. The summed E-state index contributed by atoms with van der Waals surface area (Å²) < 4.78 is 0. The number of carbonyl (C=O) groups excluding carboxylic acids is 3. The number of rotatable bonds is 3. The van der Waals surface area contributed by atoms with Gasteiger partial charge in [-0.1, -0.05) is 49.2 Å². The van der Waals surface area contributed by atoms with Crippen LogP contribution in [0.5, 0.6) is 0 Å². The third-order valence-electron chi connectivity index (χ3n) is 10.4. The maximum absolute atomic E-state index is 14.2. The molecule has 8 nitrogen and oxygen atoms in total. The van der Waals surface area contributed by atoms with E-state index >= 15 is 0 Å². The van der Waals surface area contributed by atoms with Crippen LogP contribution in [0.3, 0.4) is 0 Å². The van der Waals surface area contributed by atoms with Crippen LogP contribution in [0.1, 0.15) is 59.9 Å². The first-order chi connectivity index (χ1) is 19.9. The number of anilines is 2. The van der Waals surface area contributed by atoms with Crippen molar-refractivity contribution in [3.05, 3.63) is 88.6 Å². The van der Waals surface area contributed by atoms with Gasteiger partial charge in [0.2, 0.25) is 17.7 Å². The van der Waals surface area contributed by atoms with E-state index in [2.05, 4.69) is 33.1 Å². The highest BCUT2D eigenvalue weighted by Crippen LogP contribution is 2.48. The normalized spacial score (nSPS) is 26.9. The summed E-state index contributed by atoms with van der Waals surface area (Å²) in [4.78, 5) is 47.2. The number of hydrogen-bond donors (Lipinski definition) is 3. The number of fused-ring (bicyclic) bond motifs is 5. The highest BCUT2D eigenvalue weighted by atomic mass is 16.2. The summed E-state index contributed by atoms with van der Waals surface area (Å²) in [5, 5.41) is 9.72. The van der Waals surface area contributed by atoms with Crippen molar-refractivity contribution in [3.63, 3.8) is 0 Å². The molecule has 8 rings (SSSR count). The van der Waals surface area contributed by atoms with Crippen LogP contribution >= 0.6 is 0 Å². The predicted octanol–water partition coefficient (Wildman–Crippen LogP) is 3.60. The fraction of sp³-hybridized carbons (Fsp3) is 0.394. The van der Waals surface area contributed by atoms with Crippen LogP contribution in [0.15, 0.2) is 60.8 Å². The van der Waals surface area contributed by atoms with Crippen molar-refractivity contribution in [1.29, 1.82) is 0 Å². The Balaban J connectivity index is 1.06. The van der Waals surface area contributed by atoms with Gasteiger partial charge in [0.1, 0.15) is 12.4 Å². The Morgan fingerprint density at radius 1 is 0.927 bits per heavy atom. The van der Waals surface area contributed by atoms with E-state index in [-0.39, 0.29) is 24.3 Å². The van der Waals surface area contributed by atoms with Crippen molar-refractivity contribution in [2.75, 3.05) is 23.7 Å². The lowest BCUT2D eigenvalue weighted by Crippen LogP contribution is -2.71. The molecule has 3 aliphatic carbocycles. The molecular formula is C33H33N5O3. The van der Waals surface area contributed by atoms with Crippen LogP contribution in [0.4, 0.5) is 11.5 Å². The van der Waals surface area contributed by atoms with Crippen molar-refractivity contribution in [1.82, 2.24) is 15.2 Å². The number of piperazine rings is 1. The van der Waals surface area contributed by atoms with E-state index in [0.717, 1.165) is 60.8 Å².